The van der Waals surface area contributed by atoms with Crippen LogP contribution in [0, 0.1) is 5.92 Å². The van der Waals surface area contributed by atoms with Crippen molar-refractivity contribution >= 4 is 5.96 Å². The van der Waals surface area contributed by atoms with E-state index >= 15 is 0 Å². The monoisotopic (exact) mass is 365 g/mol. The Labute approximate surface area is 159 Å². The summed E-state index contributed by atoms with van der Waals surface area (Å²) in [5, 5.41) is 3.53. The first-order valence-corrected chi connectivity index (χ1v) is 10.9. The Morgan fingerprint density at radius 1 is 1.04 bits per heavy atom. The molecule has 0 spiro atoms. The summed E-state index contributed by atoms with van der Waals surface area (Å²) in [6, 6.07) is 0.668. The van der Waals surface area contributed by atoms with Crippen molar-refractivity contribution in [2.45, 2.75) is 45.6 Å². The zero-order valence-corrected chi connectivity index (χ0v) is 17.0. The molecule has 1 atom stereocenters. The van der Waals surface area contributed by atoms with Gasteiger partial charge in [-0.15, -0.1) is 0 Å². The molecule has 0 aromatic carbocycles. The SMILES string of the molecule is CCNC(=NCCC1CCN(CC)CC1)N1CCC(N2CCOCC2)C1. The minimum atomic E-state index is 0.668. The highest BCUT2D eigenvalue weighted by Crippen LogP contribution is 2.21. The number of piperidine rings is 1. The Kier molecular flexibility index (Phi) is 8.02. The second-order valence-corrected chi connectivity index (χ2v) is 7.94. The molecular weight excluding hydrogens is 326 g/mol. The van der Waals surface area contributed by atoms with Crippen LogP contribution in [-0.2, 0) is 4.74 Å². The first-order valence-electron chi connectivity index (χ1n) is 10.9. The average Bonchev–Trinajstić information content (AvgIpc) is 3.19. The van der Waals surface area contributed by atoms with Gasteiger partial charge in [0.1, 0.15) is 0 Å². The van der Waals surface area contributed by atoms with Gasteiger partial charge in [-0.1, -0.05) is 6.92 Å². The molecule has 0 aromatic heterocycles. The van der Waals surface area contributed by atoms with Gasteiger partial charge in [-0.25, -0.2) is 0 Å². The molecule has 6 heteroatoms. The Bertz CT molecular complexity index is 430. The molecule has 0 aliphatic carbocycles. The summed E-state index contributed by atoms with van der Waals surface area (Å²) in [4.78, 5) is 12.6. The van der Waals surface area contributed by atoms with Crippen LogP contribution in [0.1, 0.15) is 39.5 Å². The highest BCUT2D eigenvalue weighted by molar-refractivity contribution is 5.80. The van der Waals surface area contributed by atoms with Gasteiger partial charge in [-0.2, -0.15) is 0 Å². The molecule has 3 rings (SSSR count). The molecular formula is C20H39N5O. The smallest absolute Gasteiger partial charge is 0.193 e. The quantitative estimate of drug-likeness (QED) is 0.571. The van der Waals surface area contributed by atoms with E-state index in [4.69, 9.17) is 9.73 Å². The normalized spacial score (nSPS) is 27.2. The number of nitrogens with zero attached hydrogens (tertiary/aromatic N) is 4. The summed E-state index contributed by atoms with van der Waals surface area (Å²) in [6.45, 7) is 16.3. The molecule has 0 radical (unpaired) electrons. The number of nitrogens with one attached hydrogen (secondary N) is 1. The lowest BCUT2D eigenvalue weighted by atomic mass is 9.94. The van der Waals surface area contributed by atoms with Crippen LogP contribution in [-0.4, -0.2) is 98.8 Å². The minimum absolute atomic E-state index is 0.668. The van der Waals surface area contributed by atoms with Crippen LogP contribution in [0.25, 0.3) is 0 Å². The molecule has 0 amide bonds. The number of ether oxygens (including phenoxy) is 1. The van der Waals surface area contributed by atoms with Gasteiger partial charge < -0.3 is 19.9 Å². The van der Waals surface area contributed by atoms with Gasteiger partial charge in [0.25, 0.3) is 0 Å². The third kappa shape index (κ3) is 5.57. The van der Waals surface area contributed by atoms with Crippen LogP contribution in [0.5, 0.6) is 0 Å². The Morgan fingerprint density at radius 3 is 2.50 bits per heavy atom. The molecule has 3 fully saturated rings. The third-order valence-corrected chi connectivity index (χ3v) is 6.31. The molecule has 26 heavy (non-hydrogen) atoms. The zero-order valence-electron chi connectivity index (χ0n) is 17.0. The van der Waals surface area contributed by atoms with E-state index in [1.54, 1.807) is 0 Å². The maximum absolute atomic E-state index is 5.50. The van der Waals surface area contributed by atoms with Gasteiger partial charge in [0.05, 0.1) is 13.2 Å². The summed E-state index contributed by atoms with van der Waals surface area (Å²) in [6.07, 6.45) is 5.19. The van der Waals surface area contributed by atoms with E-state index in [1.165, 1.54) is 45.3 Å². The molecule has 0 saturated carbocycles. The first-order chi connectivity index (χ1) is 12.8. The summed E-state index contributed by atoms with van der Waals surface area (Å²) in [5.74, 6) is 2.00. The van der Waals surface area contributed by atoms with E-state index in [0.717, 1.165) is 64.4 Å². The third-order valence-electron chi connectivity index (χ3n) is 6.31. The van der Waals surface area contributed by atoms with Crippen molar-refractivity contribution in [1.29, 1.82) is 0 Å². The van der Waals surface area contributed by atoms with Gasteiger partial charge in [0.2, 0.25) is 0 Å². The van der Waals surface area contributed by atoms with Gasteiger partial charge in [0.15, 0.2) is 5.96 Å². The summed E-state index contributed by atoms with van der Waals surface area (Å²) in [7, 11) is 0. The van der Waals surface area contributed by atoms with Crippen molar-refractivity contribution in [2.24, 2.45) is 10.9 Å². The molecule has 150 valence electrons. The van der Waals surface area contributed by atoms with E-state index in [0.29, 0.717) is 6.04 Å². The summed E-state index contributed by atoms with van der Waals surface area (Å²) in [5.41, 5.74) is 0. The average molecular weight is 366 g/mol. The second-order valence-electron chi connectivity index (χ2n) is 7.94. The molecule has 3 aliphatic heterocycles. The lowest BCUT2D eigenvalue weighted by Crippen LogP contribution is -2.46. The molecule has 3 aliphatic rings. The number of hydrogen-bond acceptors (Lipinski definition) is 4. The first kappa shape index (κ1) is 19.9. The van der Waals surface area contributed by atoms with Gasteiger partial charge in [-0.05, 0) is 58.2 Å². The summed E-state index contributed by atoms with van der Waals surface area (Å²) < 4.78 is 5.50. The zero-order chi connectivity index (χ0) is 18.2. The van der Waals surface area contributed by atoms with Gasteiger partial charge >= 0.3 is 0 Å². The maximum atomic E-state index is 5.50. The number of aliphatic imine (C=N–C) groups is 1. The second kappa shape index (κ2) is 10.5. The number of guanidine groups is 1. The fourth-order valence-corrected chi connectivity index (χ4v) is 4.55. The van der Waals surface area contributed by atoms with Crippen molar-refractivity contribution in [3.05, 3.63) is 0 Å². The highest BCUT2D eigenvalue weighted by atomic mass is 16.5. The number of likely N-dealkylation sites (tertiary alicyclic amines) is 2. The van der Waals surface area contributed by atoms with E-state index in [9.17, 15) is 0 Å². The van der Waals surface area contributed by atoms with Crippen LogP contribution in [0.15, 0.2) is 4.99 Å². The predicted octanol–water partition coefficient (Wildman–Crippen LogP) is 1.48. The van der Waals surface area contributed by atoms with Gasteiger partial charge in [-0.3, -0.25) is 9.89 Å². The minimum Gasteiger partial charge on any atom is -0.379 e. The standard InChI is InChI=1S/C20H39N5O/c1-3-21-20(22-9-5-18-6-10-23(4-2)11-7-18)25-12-8-19(17-25)24-13-15-26-16-14-24/h18-19H,3-17H2,1-2H3,(H,21,22). The molecule has 1 unspecified atom stereocenters. The number of rotatable bonds is 6. The number of morpholine rings is 1. The van der Waals surface area contributed by atoms with Crippen molar-refractivity contribution in [3.8, 4) is 0 Å². The van der Waals surface area contributed by atoms with Crippen molar-refractivity contribution in [2.75, 3.05) is 72.1 Å². The molecule has 0 bridgehead atoms. The predicted molar refractivity (Wildman–Crippen MR) is 108 cm³/mol. The van der Waals surface area contributed by atoms with E-state index < -0.39 is 0 Å². The number of hydrogen-bond donors (Lipinski definition) is 1. The van der Waals surface area contributed by atoms with Gasteiger partial charge in [0, 0.05) is 45.3 Å². The van der Waals surface area contributed by atoms with Crippen LogP contribution < -0.4 is 5.32 Å². The fraction of sp³-hybridized carbons (Fsp3) is 0.950. The van der Waals surface area contributed by atoms with Crippen LogP contribution >= 0.6 is 0 Å². The van der Waals surface area contributed by atoms with Crippen LogP contribution in [0.2, 0.25) is 0 Å². The van der Waals surface area contributed by atoms with Crippen molar-refractivity contribution in [3.63, 3.8) is 0 Å². The Hall–Kier alpha value is -0.850. The largest absolute Gasteiger partial charge is 0.379 e. The van der Waals surface area contributed by atoms with E-state index in [2.05, 4.69) is 33.9 Å². The van der Waals surface area contributed by atoms with Crippen LogP contribution in [0.4, 0.5) is 0 Å². The molecule has 0 aromatic rings. The molecule has 6 nitrogen and oxygen atoms in total. The topological polar surface area (TPSA) is 43.3 Å². The van der Waals surface area contributed by atoms with Crippen LogP contribution in [0.3, 0.4) is 0 Å². The Morgan fingerprint density at radius 2 is 1.81 bits per heavy atom. The van der Waals surface area contributed by atoms with Crippen molar-refractivity contribution < 1.29 is 4.74 Å². The van der Waals surface area contributed by atoms with E-state index in [1.807, 2.05) is 0 Å². The summed E-state index contributed by atoms with van der Waals surface area (Å²) >= 11 is 0. The lowest BCUT2D eigenvalue weighted by Gasteiger charge is -2.32. The lowest BCUT2D eigenvalue weighted by molar-refractivity contribution is 0.0195. The molecule has 1 N–H and O–H groups in total. The maximum Gasteiger partial charge on any atom is 0.193 e. The highest BCUT2D eigenvalue weighted by Gasteiger charge is 2.30. The molecule has 3 heterocycles. The van der Waals surface area contributed by atoms with E-state index in [-0.39, 0.29) is 0 Å². The van der Waals surface area contributed by atoms with Crippen molar-refractivity contribution in [1.82, 2.24) is 20.0 Å². The molecule has 3 saturated heterocycles. The Balaban J connectivity index is 1.45. The fourth-order valence-electron chi connectivity index (χ4n) is 4.55.